The second kappa shape index (κ2) is 6.55. The average molecular weight is 266 g/mol. The number of rotatable bonds is 4. The van der Waals surface area contributed by atoms with Crippen LogP contribution >= 0.6 is 0 Å². The Morgan fingerprint density at radius 3 is 2.89 bits per heavy atom. The van der Waals surface area contributed by atoms with Gasteiger partial charge in [-0.25, -0.2) is 0 Å². The first-order valence-electron chi connectivity index (χ1n) is 7.15. The minimum atomic E-state index is 0.130. The van der Waals surface area contributed by atoms with E-state index in [0.29, 0.717) is 0 Å². The van der Waals surface area contributed by atoms with Crippen molar-refractivity contribution in [3.63, 3.8) is 0 Å². The molecule has 1 fully saturated rings. The maximum absolute atomic E-state index is 5.65. The van der Waals surface area contributed by atoms with E-state index in [0.717, 1.165) is 51.6 Å². The number of nitrogens with one attached hydrogen (secondary N) is 1. The zero-order chi connectivity index (χ0) is 13.7. The van der Waals surface area contributed by atoms with Crippen LogP contribution in [0.4, 0.5) is 0 Å². The van der Waals surface area contributed by atoms with Gasteiger partial charge in [0.05, 0.1) is 19.4 Å². The summed E-state index contributed by atoms with van der Waals surface area (Å²) in [5.74, 6) is 1.08. The van der Waals surface area contributed by atoms with E-state index in [-0.39, 0.29) is 5.54 Å². The molecule has 108 valence electrons. The summed E-state index contributed by atoms with van der Waals surface area (Å²) in [5.41, 5.74) is 1.39. The van der Waals surface area contributed by atoms with Gasteiger partial charge in [-0.15, -0.1) is 0 Å². The third-order valence-electron chi connectivity index (χ3n) is 3.33. The maximum Gasteiger partial charge on any atom is 0.122 e. The van der Waals surface area contributed by atoms with Crippen molar-refractivity contribution in [3.05, 3.63) is 23.7 Å². The third kappa shape index (κ3) is 4.97. The summed E-state index contributed by atoms with van der Waals surface area (Å²) in [4.78, 5) is 2.41. The van der Waals surface area contributed by atoms with Gasteiger partial charge in [0.15, 0.2) is 0 Å². The van der Waals surface area contributed by atoms with Crippen LogP contribution in [0.5, 0.6) is 0 Å². The quantitative estimate of drug-likeness (QED) is 0.908. The Balaban J connectivity index is 1.91. The van der Waals surface area contributed by atoms with Crippen LogP contribution in [0, 0.1) is 0 Å². The third-order valence-corrected chi connectivity index (χ3v) is 3.33. The van der Waals surface area contributed by atoms with Gasteiger partial charge >= 0.3 is 0 Å². The lowest BCUT2D eigenvalue weighted by atomic mass is 10.1. The standard InChI is InChI=1S/C15H26N2O2/c1-15(2,3)16-11-13-5-9-19-14(13)12-17-6-4-8-18-10-7-17/h5,9,16H,4,6-8,10-12H2,1-3H3. The Morgan fingerprint density at radius 1 is 1.26 bits per heavy atom. The van der Waals surface area contributed by atoms with Crippen molar-refractivity contribution in [3.8, 4) is 0 Å². The molecular weight excluding hydrogens is 240 g/mol. The first-order valence-corrected chi connectivity index (χ1v) is 7.15. The molecule has 19 heavy (non-hydrogen) atoms. The summed E-state index contributed by atoms with van der Waals surface area (Å²) >= 11 is 0. The molecule has 0 radical (unpaired) electrons. The van der Waals surface area contributed by atoms with Crippen LogP contribution in [0.25, 0.3) is 0 Å². The van der Waals surface area contributed by atoms with E-state index in [1.54, 1.807) is 6.26 Å². The molecule has 1 aliphatic rings. The fraction of sp³-hybridized carbons (Fsp3) is 0.733. The van der Waals surface area contributed by atoms with E-state index < -0.39 is 0 Å². The summed E-state index contributed by atoms with van der Waals surface area (Å²) in [6, 6.07) is 2.07. The van der Waals surface area contributed by atoms with Gasteiger partial charge in [-0.3, -0.25) is 4.90 Å². The fourth-order valence-corrected chi connectivity index (χ4v) is 2.18. The molecule has 0 aromatic carbocycles. The van der Waals surface area contributed by atoms with Gasteiger partial charge < -0.3 is 14.5 Å². The van der Waals surface area contributed by atoms with E-state index in [4.69, 9.17) is 9.15 Å². The highest BCUT2D eigenvalue weighted by Gasteiger charge is 2.16. The Kier molecular flexibility index (Phi) is 5.02. The lowest BCUT2D eigenvalue weighted by Crippen LogP contribution is -2.35. The van der Waals surface area contributed by atoms with Gasteiger partial charge in [-0.05, 0) is 33.3 Å². The van der Waals surface area contributed by atoms with Crippen molar-refractivity contribution >= 4 is 0 Å². The number of nitrogens with zero attached hydrogens (tertiary/aromatic N) is 1. The van der Waals surface area contributed by atoms with E-state index >= 15 is 0 Å². The zero-order valence-electron chi connectivity index (χ0n) is 12.4. The average Bonchev–Trinajstić information content (AvgIpc) is 2.60. The van der Waals surface area contributed by atoms with E-state index in [9.17, 15) is 0 Å². The molecule has 2 rings (SSSR count). The first kappa shape index (κ1) is 14.6. The topological polar surface area (TPSA) is 37.6 Å². The van der Waals surface area contributed by atoms with Gasteiger partial charge in [0, 0.05) is 37.3 Å². The summed E-state index contributed by atoms with van der Waals surface area (Å²) < 4.78 is 11.1. The zero-order valence-corrected chi connectivity index (χ0v) is 12.4. The number of hydrogen-bond acceptors (Lipinski definition) is 4. The smallest absolute Gasteiger partial charge is 0.122 e. The molecule has 1 aromatic heterocycles. The lowest BCUT2D eigenvalue weighted by molar-refractivity contribution is 0.139. The monoisotopic (exact) mass is 266 g/mol. The second-order valence-electron chi connectivity index (χ2n) is 6.21. The normalized spacial score (nSPS) is 18.5. The maximum atomic E-state index is 5.65. The van der Waals surface area contributed by atoms with E-state index in [1.807, 2.05) is 0 Å². The highest BCUT2D eigenvalue weighted by molar-refractivity contribution is 5.17. The van der Waals surface area contributed by atoms with Crippen molar-refractivity contribution in [1.29, 1.82) is 0 Å². The van der Waals surface area contributed by atoms with Crippen molar-refractivity contribution in [1.82, 2.24) is 10.2 Å². The van der Waals surface area contributed by atoms with E-state index in [2.05, 4.69) is 37.1 Å². The molecule has 4 heteroatoms. The van der Waals surface area contributed by atoms with Crippen LogP contribution in [0.3, 0.4) is 0 Å². The molecular formula is C15H26N2O2. The number of furan rings is 1. The largest absolute Gasteiger partial charge is 0.468 e. The molecule has 0 spiro atoms. The highest BCUT2D eigenvalue weighted by atomic mass is 16.5. The molecule has 1 aliphatic heterocycles. The van der Waals surface area contributed by atoms with Gasteiger partial charge in [-0.2, -0.15) is 0 Å². The molecule has 2 heterocycles. The van der Waals surface area contributed by atoms with Crippen molar-refractivity contribution in [2.24, 2.45) is 0 Å². The minimum Gasteiger partial charge on any atom is -0.468 e. The van der Waals surface area contributed by atoms with Crippen LogP contribution < -0.4 is 5.32 Å². The summed E-state index contributed by atoms with van der Waals surface area (Å²) in [5, 5.41) is 3.51. The SMILES string of the molecule is CC(C)(C)NCc1ccoc1CN1CCCOCC1. The Morgan fingerprint density at radius 2 is 2.11 bits per heavy atom. The summed E-state index contributed by atoms with van der Waals surface area (Å²) in [6.07, 6.45) is 2.90. The predicted molar refractivity (Wildman–Crippen MR) is 76.0 cm³/mol. The van der Waals surface area contributed by atoms with Gasteiger partial charge in [0.1, 0.15) is 5.76 Å². The van der Waals surface area contributed by atoms with Crippen LogP contribution in [0.2, 0.25) is 0 Å². The molecule has 1 aromatic rings. The molecule has 0 amide bonds. The highest BCUT2D eigenvalue weighted by Crippen LogP contribution is 2.15. The van der Waals surface area contributed by atoms with Gasteiger partial charge in [-0.1, -0.05) is 0 Å². The fourth-order valence-electron chi connectivity index (χ4n) is 2.18. The van der Waals surface area contributed by atoms with Crippen molar-refractivity contribution in [2.75, 3.05) is 26.3 Å². The summed E-state index contributed by atoms with van der Waals surface area (Å²) in [7, 11) is 0. The van der Waals surface area contributed by atoms with Crippen LogP contribution in [-0.4, -0.2) is 36.7 Å². The first-order chi connectivity index (χ1) is 9.04. The summed E-state index contributed by atoms with van der Waals surface area (Å²) in [6.45, 7) is 12.1. The van der Waals surface area contributed by atoms with Crippen LogP contribution in [0.15, 0.2) is 16.7 Å². The number of ether oxygens (including phenoxy) is 1. The molecule has 0 saturated carbocycles. The van der Waals surface area contributed by atoms with Crippen LogP contribution in [0.1, 0.15) is 38.5 Å². The molecule has 0 unspecified atom stereocenters. The molecule has 1 N–H and O–H groups in total. The van der Waals surface area contributed by atoms with Gasteiger partial charge in [0.25, 0.3) is 0 Å². The second-order valence-corrected chi connectivity index (χ2v) is 6.21. The molecule has 0 bridgehead atoms. The molecule has 0 aliphatic carbocycles. The predicted octanol–water partition coefficient (Wildman–Crippen LogP) is 2.39. The van der Waals surface area contributed by atoms with E-state index in [1.165, 1.54) is 5.56 Å². The molecule has 4 nitrogen and oxygen atoms in total. The molecule has 1 saturated heterocycles. The van der Waals surface area contributed by atoms with Crippen molar-refractivity contribution in [2.45, 2.75) is 45.8 Å². The number of hydrogen-bond donors (Lipinski definition) is 1. The van der Waals surface area contributed by atoms with Gasteiger partial charge in [0.2, 0.25) is 0 Å². The molecule has 0 atom stereocenters. The lowest BCUT2D eigenvalue weighted by Gasteiger charge is -2.21. The Hall–Kier alpha value is -0.840. The Labute approximate surface area is 116 Å². The van der Waals surface area contributed by atoms with Crippen LogP contribution in [-0.2, 0) is 17.8 Å². The Bertz CT molecular complexity index is 374. The minimum absolute atomic E-state index is 0.130. The van der Waals surface area contributed by atoms with Crippen molar-refractivity contribution < 1.29 is 9.15 Å².